The molecule has 0 aliphatic carbocycles. The van der Waals surface area contributed by atoms with Crippen LogP contribution in [0.5, 0.6) is 0 Å². The summed E-state index contributed by atoms with van der Waals surface area (Å²) in [7, 11) is 0. The van der Waals surface area contributed by atoms with Crippen molar-refractivity contribution in [3.8, 4) is 11.4 Å². The van der Waals surface area contributed by atoms with Crippen LogP contribution < -0.4 is 0 Å². The van der Waals surface area contributed by atoms with E-state index in [1.807, 2.05) is 30.3 Å². The van der Waals surface area contributed by atoms with E-state index in [-0.39, 0.29) is 11.8 Å². The van der Waals surface area contributed by atoms with Gasteiger partial charge in [-0.05, 0) is 35.9 Å². The molecule has 2 aromatic heterocycles. The fraction of sp³-hybridized carbons (Fsp3) is 0.238. The summed E-state index contributed by atoms with van der Waals surface area (Å²) in [5.74, 6) is -0.0668. The van der Waals surface area contributed by atoms with Crippen LogP contribution in [0, 0.1) is 0 Å². The molecule has 8 heteroatoms. The molecule has 1 aromatic carbocycles. The first-order chi connectivity index (χ1) is 14.1. The van der Waals surface area contributed by atoms with E-state index in [1.165, 1.54) is 0 Å². The van der Waals surface area contributed by atoms with E-state index in [9.17, 15) is 9.59 Å². The molecule has 0 unspecified atom stereocenters. The molecule has 0 radical (unpaired) electrons. The van der Waals surface area contributed by atoms with Crippen molar-refractivity contribution in [2.75, 3.05) is 26.2 Å². The van der Waals surface area contributed by atoms with E-state index in [2.05, 4.69) is 15.2 Å². The highest BCUT2D eigenvalue weighted by Gasteiger charge is 2.26. The number of rotatable bonds is 4. The summed E-state index contributed by atoms with van der Waals surface area (Å²) in [4.78, 5) is 33.1. The normalized spacial score (nSPS) is 14.1. The van der Waals surface area contributed by atoms with E-state index in [0.717, 1.165) is 5.56 Å². The molecule has 1 aliphatic heterocycles. The highest BCUT2D eigenvalue weighted by molar-refractivity contribution is 6.30. The van der Waals surface area contributed by atoms with Gasteiger partial charge in [0, 0.05) is 37.4 Å². The van der Waals surface area contributed by atoms with Crippen molar-refractivity contribution in [2.24, 2.45) is 0 Å². The number of halogens is 1. The fourth-order valence-electron chi connectivity index (χ4n) is 3.29. The first-order valence-electron chi connectivity index (χ1n) is 9.38. The number of nitrogens with zero attached hydrogens (tertiary/aromatic N) is 4. The molecule has 1 aliphatic rings. The average molecular weight is 410 g/mol. The van der Waals surface area contributed by atoms with Crippen LogP contribution >= 0.6 is 11.6 Å². The molecule has 0 spiro atoms. The van der Waals surface area contributed by atoms with Gasteiger partial charge in [0.25, 0.3) is 5.91 Å². The molecule has 0 bridgehead atoms. The average Bonchev–Trinajstić information content (AvgIpc) is 3.26. The zero-order valence-corrected chi connectivity index (χ0v) is 16.5. The molecule has 7 nitrogen and oxygen atoms in total. The first kappa shape index (κ1) is 19.1. The molecular formula is C21H20ClN5O2. The van der Waals surface area contributed by atoms with Crippen molar-refractivity contribution in [1.82, 2.24) is 25.0 Å². The van der Waals surface area contributed by atoms with Crippen molar-refractivity contribution < 1.29 is 9.59 Å². The lowest BCUT2D eigenvalue weighted by Gasteiger charge is -2.34. The van der Waals surface area contributed by atoms with Gasteiger partial charge in [0.2, 0.25) is 5.91 Å². The van der Waals surface area contributed by atoms with Gasteiger partial charge >= 0.3 is 0 Å². The lowest BCUT2D eigenvalue weighted by atomic mass is 10.1. The summed E-state index contributed by atoms with van der Waals surface area (Å²) >= 11 is 5.89. The van der Waals surface area contributed by atoms with E-state index < -0.39 is 0 Å². The van der Waals surface area contributed by atoms with Crippen LogP contribution in [-0.2, 0) is 11.2 Å². The lowest BCUT2D eigenvalue weighted by molar-refractivity contribution is -0.131. The minimum atomic E-state index is -0.121. The molecule has 2 amide bonds. The Morgan fingerprint density at radius 2 is 1.69 bits per heavy atom. The Bertz CT molecular complexity index is 995. The largest absolute Gasteiger partial charge is 0.339 e. The first-order valence-corrected chi connectivity index (χ1v) is 9.76. The number of piperazine rings is 1. The zero-order valence-electron chi connectivity index (χ0n) is 15.7. The summed E-state index contributed by atoms with van der Waals surface area (Å²) in [6.07, 6.45) is 2.02. The SMILES string of the molecule is O=C(Cc1ccc(Cl)cc1)N1CCN(C(=O)c2cc(-c3ccccn3)n[nH]2)CC1. The maximum absolute atomic E-state index is 12.8. The molecule has 1 N–H and O–H groups in total. The van der Waals surface area contributed by atoms with Gasteiger partial charge in [0.15, 0.2) is 0 Å². The maximum Gasteiger partial charge on any atom is 0.272 e. The number of H-pyrrole nitrogens is 1. The minimum Gasteiger partial charge on any atom is -0.339 e. The van der Waals surface area contributed by atoms with Crippen LogP contribution in [0.15, 0.2) is 54.7 Å². The van der Waals surface area contributed by atoms with Crippen LogP contribution in [0.3, 0.4) is 0 Å². The standard InChI is InChI=1S/C21H20ClN5O2/c22-16-6-4-15(5-7-16)13-20(28)26-9-11-27(12-10-26)21(29)19-14-18(24-25-19)17-3-1-2-8-23-17/h1-8,14H,9-13H2,(H,24,25). The number of nitrogens with one attached hydrogen (secondary N) is 1. The molecule has 3 heterocycles. The number of carbonyl (C=O) groups is 2. The molecule has 0 atom stereocenters. The second-order valence-corrected chi connectivity index (χ2v) is 7.29. The molecule has 148 valence electrons. The molecule has 4 rings (SSSR count). The third kappa shape index (κ3) is 4.46. The fourth-order valence-corrected chi connectivity index (χ4v) is 3.42. The van der Waals surface area contributed by atoms with E-state index in [1.54, 1.807) is 34.2 Å². The number of carbonyl (C=O) groups excluding carboxylic acids is 2. The molecular weight excluding hydrogens is 390 g/mol. The third-order valence-electron chi connectivity index (χ3n) is 4.92. The predicted octanol–water partition coefficient (Wildman–Crippen LogP) is 2.65. The summed E-state index contributed by atoms with van der Waals surface area (Å²) in [6, 6.07) is 14.5. The Morgan fingerprint density at radius 1 is 0.966 bits per heavy atom. The van der Waals surface area contributed by atoms with Crippen molar-refractivity contribution in [3.63, 3.8) is 0 Å². The van der Waals surface area contributed by atoms with Crippen molar-refractivity contribution >= 4 is 23.4 Å². The van der Waals surface area contributed by atoms with Gasteiger partial charge in [-0.25, -0.2) is 0 Å². The number of aromatic nitrogens is 3. The lowest BCUT2D eigenvalue weighted by Crippen LogP contribution is -2.51. The van der Waals surface area contributed by atoms with Crippen LogP contribution in [0.25, 0.3) is 11.4 Å². The number of hydrogen-bond acceptors (Lipinski definition) is 4. The Balaban J connectivity index is 1.33. The second kappa shape index (κ2) is 8.45. The van der Waals surface area contributed by atoms with Crippen LogP contribution in [0.4, 0.5) is 0 Å². The van der Waals surface area contributed by atoms with Crippen molar-refractivity contribution in [3.05, 3.63) is 71.0 Å². The molecule has 3 aromatic rings. The van der Waals surface area contributed by atoms with Crippen molar-refractivity contribution in [2.45, 2.75) is 6.42 Å². The van der Waals surface area contributed by atoms with Crippen LogP contribution in [0.1, 0.15) is 16.1 Å². The second-order valence-electron chi connectivity index (χ2n) is 6.86. The monoisotopic (exact) mass is 409 g/mol. The van der Waals surface area contributed by atoms with E-state index in [0.29, 0.717) is 54.7 Å². The van der Waals surface area contributed by atoms with Gasteiger partial charge in [-0.2, -0.15) is 5.10 Å². The zero-order chi connectivity index (χ0) is 20.2. The van der Waals surface area contributed by atoms with Crippen LogP contribution in [0.2, 0.25) is 5.02 Å². The number of amides is 2. The molecule has 1 fully saturated rings. The van der Waals surface area contributed by atoms with Gasteiger partial charge in [0.05, 0.1) is 12.1 Å². The Morgan fingerprint density at radius 3 is 2.38 bits per heavy atom. The van der Waals surface area contributed by atoms with Gasteiger partial charge < -0.3 is 9.80 Å². The molecule has 29 heavy (non-hydrogen) atoms. The van der Waals surface area contributed by atoms with E-state index >= 15 is 0 Å². The Hall–Kier alpha value is -3.19. The van der Waals surface area contributed by atoms with Crippen LogP contribution in [-0.4, -0.2) is 63.0 Å². The number of pyridine rings is 1. The number of benzene rings is 1. The Kier molecular flexibility index (Phi) is 5.57. The van der Waals surface area contributed by atoms with E-state index in [4.69, 9.17) is 11.6 Å². The summed E-state index contributed by atoms with van der Waals surface area (Å²) in [5.41, 5.74) is 2.69. The van der Waals surface area contributed by atoms with Gasteiger partial charge in [-0.15, -0.1) is 0 Å². The summed E-state index contributed by atoms with van der Waals surface area (Å²) < 4.78 is 0. The number of aromatic amines is 1. The smallest absolute Gasteiger partial charge is 0.272 e. The third-order valence-corrected chi connectivity index (χ3v) is 5.18. The predicted molar refractivity (Wildman–Crippen MR) is 109 cm³/mol. The highest BCUT2D eigenvalue weighted by Crippen LogP contribution is 2.16. The van der Waals surface area contributed by atoms with Gasteiger partial charge in [0.1, 0.15) is 11.4 Å². The number of hydrogen-bond donors (Lipinski definition) is 1. The molecule has 1 saturated heterocycles. The minimum absolute atomic E-state index is 0.0541. The van der Waals surface area contributed by atoms with Gasteiger partial charge in [-0.3, -0.25) is 19.7 Å². The van der Waals surface area contributed by atoms with Gasteiger partial charge in [-0.1, -0.05) is 29.8 Å². The molecule has 0 saturated carbocycles. The Labute approximate surface area is 173 Å². The topological polar surface area (TPSA) is 82.2 Å². The quantitative estimate of drug-likeness (QED) is 0.718. The summed E-state index contributed by atoms with van der Waals surface area (Å²) in [6.45, 7) is 2.01. The summed E-state index contributed by atoms with van der Waals surface area (Å²) in [5, 5.41) is 7.64. The van der Waals surface area contributed by atoms with Crippen molar-refractivity contribution in [1.29, 1.82) is 0 Å². The maximum atomic E-state index is 12.8. The highest BCUT2D eigenvalue weighted by atomic mass is 35.5.